The van der Waals surface area contributed by atoms with Gasteiger partial charge in [0.15, 0.2) is 9.84 Å². The Hall–Kier alpha value is -1.34. The van der Waals surface area contributed by atoms with Crippen molar-refractivity contribution in [1.29, 1.82) is 0 Å². The average molecular weight is 337 g/mol. The molecule has 7 heteroatoms. The molecule has 1 fully saturated rings. The van der Waals surface area contributed by atoms with Crippen LogP contribution in [-0.2, 0) is 9.84 Å². The molecule has 0 radical (unpaired) electrons. The van der Waals surface area contributed by atoms with Crippen LogP contribution < -0.4 is 4.90 Å². The van der Waals surface area contributed by atoms with Crippen LogP contribution in [0.1, 0.15) is 13.3 Å². The Kier molecular flexibility index (Phi) is 4.27. The number of hydrogen-bond donors (Lipinski definition) is 0. The minimum Gasteiger partial charge on any atom is -0.352 e. The highest BCUT2D eigenvalue weighted by Gasteiger charge is 2.21. The number of thioether (sulfide) groups is 1. The van der Waals surface area contributed by atoms with Crippen LogP contribution in [0.15, 0.2) is 29.4 Å². The van der Waals surface area contributed by atoms with Gasteiger partial charge >= 0.3 is 0 Å². The molecule has 1 saturated heterocycles. The molecule has 1 aromatic carbocycles. The summed E-state index contributed by atoms with van der Waals surface area (Å²) in [5.74, 6) is 3.04. The van der Waals surface area contributed by atoms with E-state index in [9.17, 15) is 8.42 Å². The minimum absolute atomic E-state index is 0.313. The standard InChI is InChI=1S/C15H19N3O2S2/c1-11-5-7-21-8-6-18(11)15-13-9-12(22(2,19)20)3-4-14(13)16-10-17-15/h3-4,9-11H,5-8H2,1-2H3. The molecular formula is C15H19N3O2S2. The summed E-state index contributed by atoms with van der Waals surface area (Å²) in [7, 11) is -3.24. The zero-order valence-corrected chi connectivity index (χ0v) is 14.3. The van der Waals surface area contributed by atoms with E-state index < -0.39 is 9.84 Å². The SMILES string of the molecule is CC1CCSCCN1c1ncnc2ccc(S(C)(=O)=O)cc12. The van der Waals surface area contributed by atoms with Crippen LogP contribution in [0.3, 0.4) is 0 Å². The predicted molar refractivity (Wildman–Crippen MR) is 91.4 cm³/mol. The molecule has 0 spiro atoms. The second kappa shape index (κ2) is 6.04. The average Bonchev–Trinajstić information content (AvgIpc) is 2.70. The molecule has 1 unspecified atom stereocenters. The number of rotatable bonds is 2. The summed E-state index contributed by atoms with van der Waals surface area (Å²) in [5, 5.41) is 0.809. The first-order chi connectivity index (χ1) is 10.5. The van der Waals surface area contributed by atoms with Crippen molar-refractivity contribution in [1.82, 2.24) is 9.97 Å². The van der Waals surface area contributed by atoms with Crippen molar-refractivity contribution in [3.05, 3.63) is 24.5 Å². The zero-order chi connectivity index (χ0) is 15.7. The Bertz CT molecular complexity index is 792. The van der Waals surface area contributed by atoms with Gasteiger partial charge in [-0.05, 0) is 37.3 Å². The molecule has 0 bridgehead atoms. The van der Waals surface area contributed by atoms with E-state index in [0.717, 1.165) is 41.2 Å². The summed E-state index contributed by atoms with van der Waals surface area (Å²) in [4.78, 5) is 11.3. The van der Waals surface area contributed by atoms with E-state index in [1.807, 2.05) is 11.8 Å². The maximum atomic E-state index is 11.8. The second-order valence-electron chi connectivity index (χ2n) is 5.59. The molecule has 22 heavy (non-hydrogen) atoms. The number of hydrogen-bond acceptors (Lipinski definition) is 6. The molecule has 5 nitrogen and oxygen atoms in total. The third-order valence-electron chi connectivity index (χ3n) is 3.97. The number of benzene rings is 1. The van der Waals surface area contributed by atoms with Gasteiger partial charge in [-0.3, -0.25) is 0 Å². The molecule has 1 atom stereocenters. The Morgan fingerprint density at radius 3 is 2.86 bits per heavy atom. The lowest BCUT2D eigenvalue weighted by Gasteiger charge is -2.28. The molecular weight excluding hydrogens is 318 g/mol. The molecule has 0 N–H and O–H groups in total. The van der Waals surface area contributed by atoms with Gasteiger partial charge in [0.1, 0.15) is 12.1 Å². The van der Waals surface area contributed by atoms with Gasteiger partial charge in [-0.25, -0.2) is 18.4 Å². The van der Waals surface area contributed by atoms with Crippen LogP contribution in [0, 0.1) is 0 Å². The lowest BCUT2D eigenvalue weighted by molar-refractivity contribution is 0.602. The topological polar surface area (TPSA) is 63.2 Å². The van der Waals surface area contributed by atoms with E-state index >= 15 is 0 Å². The fourth-order valence-electron chi connectivity index (χ4n) is 2.69. The Morgan fingerprint density at radius 2 is 2.09 bits per heavy atom. The van der Waals surface area contributed by atoms with Crippen molar-refractivity contribution in [2.24, 2.45) is 0 Å². The molecule has 118 valence electrons. The van der Waals surface area contributed by atoms with Crippen LogP contribution in [-0.4, -0.2) is 48.7 Å². The summed E-state index contributed by atoms with van der Waals surface area (Å²) in [6, 6.07) is 5.45. The molecule has 0 aliphatic carbocycles. The minimum atomic E-state index is -3.24. The highest BCUT2D eigenvalue weighted by Crippen LogP contribution is 2.29. The van der Waals surface area contributed by atoms with Crippen molar-refractivity contribution in [2.75, 3.05) is 29.2 Å². The van der Waals surface area contributed by atoms with Crippen LogP contribution in [0.25, 0.3) is 10.9 Å². The molecule has 1 aromatic heterocycles. The van der Waals surface area contributed by atoms with Gasteiger partial charge in [0.25, 0.3) is 0 Å². The molecule has 1 aliphatic heterocycles. The highest BCUT2D eigenvalue weighted by atomic mass is 32.2. The molecule has 2 heterocycles. The van der Waals surface area contributed by atoms with Gasteiger partial charge in [0, 0.05) is 30.0 Å². The Balaban J connectivity index is 2.16. The smallest absolute Gasteiger partial charge is 0.175 e. The van der Waals surface area contributed by atoms with Gasteiger partial charge in [-0.1, -0.05) is 0 Å². The number of aromatic nitrogens is 2. The van der Waals surface area contributed by atoms with Crippen LogP contribution >= 0.6 is 11.8 Å². The fourth-order valence-corrected chi connectivity index (χ4v) is 4.38. The fraction of sp³-hybridized carbons (Fsp3) is 0.467. The summed E-state index contributed by atoms with van der Waals surface area (Å²) in [6.07, 6.45) is 3.88. The molecule has 3 rings (SSSR count). The van der Waals surface area contributed by atoms with Crippen molar-refractivity contribution in [3.8, 4) is 0 Å². The number of nitrogens with zero attached hydrogens (tertiary/aromatic N) is 3. The lowest BCUT2D eigenvalue weighted by atomic mass is 10.1. The van der Waals surface area contributed by atoms with Crippen LogP contribution in [0.5, 0.6) is 0 Å². The first-order valence-corrected chi connectivity index (χ1v) is 10.3. The van der Waals surface area contributed by atoms with E-state index in [4.69, 9.17) is 0 Å². The molecule has 0 saturated carbocycles. The van der Waals surface area contributed by atoms with Gasteiger partial charge in [-0.15, -0.1) is 0 Å². The largest absolute Gasteiger partial charge is 0.352 e. The van der Waals surface area contributed by atoms with Gasteiger partial charge < -0.3 is 4.90 Å². The third-order valence-corrected chi connectivity index (χ3v) is 6.08. The number of anilines is 1. The normalized spacial score (nSPS) is 20.1. The van der Waals surface area contributed by atoms with E-state index in [1.54, 1.807) is 24.5 Å². The van der Waals surface area contributed by atoms with Gasteiger partial charge in [0.2, 0.25) is 0 Å². The third kappa shape index (κ3) is 3.05. The quantitative estimate of drug-likeness (QED) is 0.838. The van der Waals surface area contributed by atoms with Crippen molar-refractivity contribution >= 4 is 38.3 Å². The number of sulfone groups is 1. The van der Waals surface area contributed by atoms with E-state index in [1.165, 1.54) is 6.26 Å². The maximum Gasteiger partial charge on any atom is 0.175 e. The second-order valence-corrected chi connectivity index (χ2v) is 8.83. The van der Waals surface area contributed by atoms with Crippen molar-refractivity contribution < 1.29 is 8.42 Å². The Morgan fingerprint density at radius 1 is 1.27 bits per heavy atom. The van der Waals surface area contributed by atoms with Crippen molar-refractivity contribution in [3.63, 3.8) is 0 Å². The molecule has 2 aromatic rings. The zero-order valence-electron chi connectivity index (χ0n) is 12.7. The summed E-state index contributed by atoms with van der Waals surface area (Å²) in [6.45, 7) is 3.11. The lowest BCUT2D eigenvalue weighted by Crippen LogP contribution is -2.34. The van der Waals surface area contributed by atoms with E-state index in [0.29, 0.717) is 10.9 Å². The molecule has 0 amide bonds. The van der Waals surface area contributed by atoms with Gasteiger partial charge in [0.05, 0.1) is 10.4 Å². The molecule has 1 aliphatic rings. The first-order valence-electron chi connectivity index (χ1n) is 7.26. The summed E-state index contributed by atoms with van der Waals surface area (Å²) < 4.78 is 23.7. The van der Waals surface area contributed by atoms with Gasteiger partial charge in [-0.2, -0.15) is 11.8 Å². The summed E-state index contributed by atoms with van der Waals surface area (Å²) in [5.41, 5.74) is 0.779. The highest BCUT2D eigenvalue weighted by molar-refractivity contribution is 7.99. The monoisotopic (exact) mass is 337 g/mol. The van der Waals surface area contributed by atoms with Crippen LogP contribution in [0.2, 0.25) is 0 Å². The predicted octanol–water partition coefficient (Wildman–Crippen LogP) is 2.37. The van der Waals surface area contributed by atoms with Crippen molar-refractivity contribution in [2.45, 2.75) is 24.3 Å². The Labute approximate surface area is 135 Å². The first kappa shape index (κ1) is 15.6. The summed E-state index contributed by atoms with van der Waals surface area (Å²) >= 11 is 1.95. The van der Waals surface area contributed by atoms with E-state index in [2.05, 4.69) is 21.8 Å². The maximum absolute atomic E-state index is 11.8. The van der Waals surface area contributed by atoms with Crippen LogP contribution in [0.4, 0.5) is 5.82 Å². The van der Waals surface area contributed by atoms with E-state index in [-0.39, 0.29) is 0 Å². The number of fused-ring (bicyclic) bond motifs is 1.